The van der Waals surface area contributed by atoms with Gasteiger partial charge in [-0.05, 0) is 13.0 Å². The zero-order valence-electron chi connectivity index (χ0n) is 7.67. The van der Waals surface area contributed by atoms with Crippen LogP contribution in [0, 0.1) is 6.92 Å². The lowest BCUT2D eigenvalue weighted by molar-refractivity contribution is 0.296. The highest BCUT2D eigenvalue weighted by Crippen LogP contribution is 2.09. The van der Waals surface area contributed by atoms with E-state index < -0.39 is 0 Å². The Bertz CT molecular complexity index is 468. The molecule has 6 heteroatoms. The standard InChI is InChI=1S/C8H10N4OS/c1-5-4-7(14)12-8(9-5)10-6(11-12)2-3-13/h4,13-14H,2-3H2,1H3. The third-order valence-electron chi connectivity index (χ3n) is 1.80. The van der Waals surface area contributed by atoms with E-state index in [0.717, 1.165) is 5.69 Å². The fourth-order valence-corrected chi connectivity index (χ4v) is 1.54. The van der Waals surface area contributed by atoms with Crippen LogP contribution < -0.4 is 0 Å². The number of hydrogen-bond donors (Lipinski definition) is 2. The molecule has 0 fully saturated rings. The van der Waals surface area contributed by atoms with Gasteiger partial charge >= 0.3 is 0 Å². The number of fused-ring (bicyclic) bond motifs is 1. The lowest BCUT2D eigenvalue weighted by Crippen LogP contribution is -1.96. The Labute approximate surface area is 86.2 Å². The predicted octanol–water partition coefficient (Wildman–Crippen LogP) is 0.256. The Morgan fingerprint density at radius 2 is 2.29 bits per heavy atom. The minimum Gasteiger partial charge on any atom is -0.396 e. The van der Waals surface area contributed by atoms with Gasteiger partial charge in [-0.25, -0.2) is 4.98 Å². The van der Waals surface area contributed by atoms with Gasteiger partial charge in [-0.3, -0.25) is 0 Å². The molecule has 0 amide bonds. The predicted molar refractivity (Wildman–Crippen MR) is 53.6 cm³/mol. The fourth-order valence-electron chi connectivity index (χ4n) is 1.22. The van der Waals surface area contributed by atoms with Gasteiger partial charge in [0.05, 0.1) is 6.61 Å². The van der Waals surface area contributed by atoms with Crippen LogP contribution in [0.3, 0.4) is 0 Å². The summed E-state index contributed by atoms with van der Waals surface area (Å²) in [5.74, 6) is 1.11. The third-order valence-corrected chi connectivity index (χ3v) is 2.12. The molecule has 0 unspecified atom stereocenters. The number of aliphatic hydroxyl groups is 1. The van der Waals surface area contributed by atoms with Gasteiger partial charge < -0.3 is 5.11 Å². The number of aromatic nitrogens is 4. The van der Waals surface area contributed by atoms with Crippen LogP contribution >= 0.6 is 12.6 Å². The summed E-state index contributed by atoms with van der Waals surface area (Å²) in [7, 11) is 0. The molecule has 0 bridgehead atoms. The summed E-state index contributed by atoms with van der Waals surface area (Å²) in [4.78, 5) is 8.35. The molecular formula is C8H10N4OS. The van der Waals surface area contributed by atoms with Gasteiger partial charge in [0.25, 0.3) is 5.78 Å². The molecule has 2 rings (SSSR count). The van der Waals surface area contributed by atoms with Crippen LogP contribution in [0.2, 0.25) is 0 Å². The van der Waals surface area contributed by atoms with Gasteiger partial charge in [0.15, 0.2) is 5.82 Å². The normalized spacial score (nSPS) is 11.1. The van der Waals surface area contributed by atoms with Crippen molar-refractivity contribution in [2.24, 2.45) is 0 Å². The summed E-state index contributed by atoms with van der Waals surface area (Å²) < 4.78 is 1.56. The van der Waals surface area contributed by atoms with Crippen molar-refractivity contribution in [2.45, 2.75) is 18.4 Å². The van der Waals surface area contributed by atoms with Crippen LogP contribution in [0.5, 0.6) is 0 Å². The van der Waals surface area contributed by atoms with Crippen molar-refractivity contribution < 1.29 is 5.11 Å². The highest BCUT2D eigenvalue weighted by Gasteiger charge is 2.06. The second-order valence-electron chi connectivity index (χ2n) is 2.97. The summed E-state index contributed by atoms with van der Waals surface area (Å²) in [5, 5.41) is 13.6. The van der Waals surface area contributed by atoms with Crippen molar-refractivity contribution in [3.8, 4) is 0 Å². The molecule has 2 heterocycles. The van der Waals surface area contributed by atoms with Crippen LogP contribution in [0.25, 0.3) is 5.78 Å². The molecule has 2 aromatic heterocycles. The lowest BCUT2D eigenvalue weighted by atomic mass is 10.4. The molecule has 0 aliphatic rings. The Morgan fingerprint density at radius 3 is 3.00 bits per heavy atom. The first-order valence-corrected chi connectivity index (χ1v) is 4.68. The molecule has 0 spiro atoms. The molecule has 1 N–H and O–H groups in total. The number of aliphatic hydroxyl groups excluding tert-OH is 1. The first kappa shape index (κ1) is 9.42. The Morgan fingerprint density at radius 1 is 1.50 bits per heavy atom. The number of aryl methyl sites for hydroxylation is 1. The third kappa shape index (κ3) is 1.58. The van der Waals surface area contributed by atoms with E-state index in [0.29, 0.717) is 23.0 Å². The van der Waals surface area contributed by atoms with E-state index in [1.165, 1.54) is 0 Å². The molecule has 0 aliphatic heterocycles. The maximum atomic E-state index is 8.74. The van der Waals surface area contributed by atoms with Crippen molar-refractivity contribution in [3.63, 3.8) is 0 Å². The highest BCUT2D eigenvalue weighted by molar-refractivity contribution is 7.80. The molecule has 14 heavy (non-hydrogen) atoms. The molecule has 5 nitrogen and oxygen atoms in total. The minimum atomic E-state index is 0.0395. The lowest BCUT2D eigenvalue weighted by Gasteiger charge is -1.96. The maximum absolute atomic E-state index is 8.74. The van der Waals surface area contributed by atoms with Crippen LogP contribution in [0.1, 0.15) is 11.5 Å². The average molecular weight is 210 g/mol. The quantitative estimate of drug-likeness (QED) is 0.551. The minimum absolute atomic E-state index is 0.0395. The van der Waals surface area contributed by atoms with E-state index in [2.05, 4.69) is 27.7 Å². The molecule has 0 radical (unpaired) electrons. The van der Waals surface area contributed by atoms with Gasteiger partial charge in [0, 0.05) is 12.1 Å². The molecule has 74 valence electrons. The zero-order chi connectivity index (χ0) is 10.1. The summed E-state index contributed by atoms with van der Waals surface area (Å²) in [5.41, 5.74) is 0.852. The molecule has 0 atom stereocenters. The maximum Gasteiger partial charge on any atom is 0.253 e. The fraction of sp³-hybridized carbons (Fsp3) is 0.375. The topological polar surface area (TPSA) is 63.3 Å². The van der Waals surface area contributed by atoms with Crippen LogP contribution in [-0.2, 0) is 6.42 Å². The molecule has 0 saturated carbocycles. The van der Waals surface area contributed by atoms with Gasteiger partial charge in [-0.1, -0.05) is 0 Å². The zero-order valence-corrected chi connectivity index (χ0v) is 8.57. The van der Waals surface area contributed by atoms with E-state index in [4.69, 9.17) is 5.11 Å². The van der Waals surface area contributed by atoms with E-state index >= 15 is 0 Å². The van der Waals surface area contributed by atoms with Crippen molar-refractivity contribution in [1.29, 1.82) is 0 Å². The highest BCUT2D eigenvalue weighted by atomic mass is 32.1. The number of thiol groups is 1. The first-order valence-electron chi connectivity index (χ1n) is 4.24. The monoisotopic (exact) mass is 210 g/mol. The summed E-state index contributed by atoms with van der Waals surface area (Å²) in [6.45, 7) is 1.91. The number of rotatable bonds is 2. The van der Waals surface area contributed by atoms with Crippen LogP contribution in [0.15, 0.2) is 11.1 Å². The molecular weight excluding hydrogens is 200 g/mol. The second kappa shape index (κ2) is 3.55. The Balaban J connectivity index is 2.58. The van der Waals surface area contributed by atoms with Crippen molar-refractivity contribution in [3.05, 3.63) is 17.6 Å². The van der Waals surface area contributed by atoms with Crippen LogP contribution in [-0.4, -0.2) is 31.3 Å². The smallest absolute Gasteiger partial charge is 0.253 e. The van der Waals surface area contributed by atoms with E-state index in [9.17, 15) is 0 Å². The van der Waals surface area contributed by atoms with E-state index in [1.54, 1.807) is 4.52 Å². The SMILES string of the molecule is Cc1cc(S)n2nc(CCO)nc2n1. The van der Waals surface area contributed by atoms with E-state index in [1.807, 2.05) is 13.0 Å². The van der Waals surface area contributed by atoms with Gasteiger partial charge in [0.1, 0.15) is 5.03 Å². The van der Waals surface area contributed by atoms with Crippen molar-refractivity contribution in [1.82, 2.24) is 19.6 Å². The molecule has 2 aromatic rings. The largest absolute Gasteiger partial charge is 0.396 e. The molecule has 0 saturated heterocycles. The first-order chi connectivity index (χ1) is 6.70. The number of hydrogen-bond acceptors (Lipinski definition) is 5. The van der Waals surface area contributed by atoms with E-state index in [-0.39, 0.29) is 6.61 Å². The van der Waals surface area contributed by atoms with Crippen molar-refractivity contribution in [2.75, 3.05) is 6.61 Å². The molecule has 0 aromatic carbocycles. The van der Waals surface area contributed by atoms with Gasteiger partial charge in [-0.15, -0.1) is 17.7 Å². The van der Waals surface area contributed by atoms with Crippen molar-refractivity contribution >= 4 is 18.4 Å². The Kier molecular flexibility index (Phi) is 2.39. The average Bonchev–Trinajstić information content (AvgIpc) is 2.48. The second-order valence-corrected chi connectivity index (χ2v) is 3.43. The summed E-state index contributed by atoms with van der Waals surface area (Å²) in [6.07, 6.45) is 0.440. The van der Waals surface area contributed by atoms with Gasteiger partial charge in [0.2, 0.25) is 0 Å². The summed E-state index contributed by atoms with van der Waals surface area (Å²) >= 11 is 4.26. The Hall–Kier alpha value is -1.14. The van der Waals surface area contributed by atoms with Gasteiger partial charge in [-0.2, -0.15) is 9.50 Å². The number of nitrogens with zero attached hydrogens (tertiary/aromatic N) is 4. The molecule has 0 aliphatic carbocycles. The summed E-state index contributed by atoms with van der Waals surface area (Å²) in [6, 6.07) is 1.81. The van der Waals surface area contributed by atoms with Crippen LogP contribution in [0.4, 0.5) is 0 Å².